The first-order valence-electron chi connectivity index (χ1n) is 4.07. The number of hydrogen-bond acceptors (Lipinski definition) is 4. The number of nitrogens with zero attached hydrogens (tertiary/aromatic N) is 3. The van der Waals surface area contributed by atoms with Crippen LogP contribution in [-0.2, 0) is 5.41 Å². The normalized spacial score (nSPS) is 12.2. The first-order chi connectivity index (χ1) is 6.07. The number of fused-ring (bicyclic) bond motifs is 1. The molecule has 0 N–H and O–H groups in total. The van der Waals surface area contributed by atoms with Crippen LogP contribution in [0.5, 0.6) is 0 Å². The lowest BCUT2D eigenvalue weighted by Crippen LogP contribution is -2.15. The summed E-state index contributed by atoms with van der Waals surface area (Å²) in [5.41, 5.74) is 3.54. The van der Waals surface area contributed by atoms with Gasteiger partial charge in [0.25, 0.3) is 0 Å². The molecule has 0 saturated carbocycles. The maximum atomic E-state index is 4.36. The molecule has 0 atom stereocenters. The Morgan fingerprint density at radius 3 is 2.85 bits per heavy atom. The van der Waals surface area contributed by atoms with Crippen LogP contribution >= 0.6 is 11.3 Å². The van der Waals surface area contributed by atoms with Crippen molar-refractivity contribution in [2.45, 2.75) is 26.2 Å². The Bertz CT molecular complexity index is 428. The van der Waals surface area contributed by atoms with Crippen molar-refractivity contribution < 1.29 is 0 Å². The first kappa shape index (κ1) is 8.56. The predicted octanol–water partition coefficient (Wildman–Crippen LogP) is 2.18. The van der Waals surface area contributed by atoms with Gasteiger partial charge in [-0.05, 0) is 0 Å². The zero-order valence-corrected chi connectivity index (χ0v) is 8.64. The van der Waals surface area contributed by atoms with E-state index in [9.17, 15) is 0 Å². The van der Waals surface area contributed by atoms with Crippen LogP contribution in [-0.4, -0.2) is 15.0 Å². The fourth-order valence-corrected chi connectivity index (χ4v) is 1.51. The van der Waals surface area contributed by atoms with Gasteiger partial charge in [-0.25, -0.2) is 15.0 Å². The van der Waals surface area contributed by atoms with Gasteiger partial charge in [-0.2, -0.15) is 0 Å². The fraction of sp³-hybridized carbons (Fsp3) is 0.444. The van der Waals surface area contributed by atoms with Crippen LogP contribution in [0.4, 0.5) is 0 Å². The first-order valence-corrected chi connectivity index (χ1v) is 4.89. The molecule has 2 rings (SSSR count). The zero-order valence-electron chi connectivity index (χ0n) is 7.83. The second-order valence-electron chi connectivity index (χ2n) is 3.94. The van der Waals surface area contributed by atoms with E-state index in [2.05, 4.69) is 41.2 Å². The molecule has 3 nitrogen and oxygen atoms in total. The summed E-state index contributed by atoms with van der Waals surface area (Å²) in [6.45, 7) is 6.26. The fourth-order valence-electron chi connectivity index (χ4n) is 0.990. The van der Waals surface area contributed by atoms with Gasteiger partial charge in [-0.1, -0.05) is 20.8 Å². The minimum atomic E-state index is -0.0161. The van der Waals surface area contributed by atoms with Crippen molar-refractivity contribution in [2.75, 3.05) is 0 Å². The Morgan fingerprint density at radius 1 is 1.38 bits per heavy atom. The van der Waals surface area contributed by atoms with Crippen molar-refractivity contribution in [1.29, 1.82) is 0 Å². The zero-order chi connectivity index (χ0) is 9.47. The molecule has 0 amide bonds. The van der Waals surface area contributed by atoms with E-state index in [4.69, 9.17) is 0 Å². The monoisotopic (exact) mass is 192 g/mol. The second kappa shape index (κ2) is 2.73. The summed E-state index contributed by atoms with van der Waals surface area (Å²) in [4.78, 5) is 12.7. The van der Waals surface area contributed by atoms with Crippen molar-refractivity contribution in [1.82, 2.24) is 15.0 Å². The largest absolute Gasteiger partial charge is 0.239 e. The average Bonchev–Trinajstić information content (AvgIpc) is 2.47. The quantitative estimate of drug-likeness (QED) is 0.642. The lowest BCUT2D eigenvalue weighted by Gasteiger charge is -2.15. The van der Waals surface area contributed by atoms with E-state index >= 15 is 0 Å². The third-order valence-electron chi connectivity index (χ3n) is 1.71. The van der Waals surface area contributed by atoms with Gasteiger partial charge in [-0.3, -0.25) is 0 Å². The predicted molar refractivity (Wildman–Crippen MR) is 52.7 cm³/mol. The van der Waals surface area contributed by atoms with Gasteiger partial charge in [0.2, 0.25) is 0 Å². The molecule has 0 fully saturated rings. The Hall–Kier alpha value is -1.03. The third-order valence-corrected chi connectivity index (χ3v) is 2.40. The molecular weight excluding hydrogens is 182 g/mol. The molecule has 13 heavy (non-hydrogen) atoms. The second-order valence-corrected chi connectivity index (χ2v) is 4.76. The molecule has 2 aromatic heterocycles. The van der Waals surface area contributed by atoms with E-state index in [0.29, 0.717) is 0 Å². The summed E-state index contributed by atoms with van der Waals surface area (Å²) in [6.07, 6.45) is 1.82. The van der Waals surface area contributed by atoms with Crippen LogP contribution in [0.15, 0.2) is 6.20 Å². The van der Waals surface area contributed by atoms with E-state index < -0.39 is 0 Å². The highest BCUT2D eigenvalue weighted by atomic mass is 32.1. The molecule has 1 radical (unpaired) electrons. The van der Waals surface area contributed by atoms with E-state index in [1.807, 2.05) is 6.20 Å². The molecule has 0 bridgehead atoms. The van der Waals surface area contributed by atoms with Crippen LogP contribution in [0, 0.1) is 5.51 Å². The highest BCUT2D eigenvalue weighted by Crippen LogP contribution is 2.21. The summed E-state index contributed by atoms with van der Waals surface area (Å²) >= 11 is 1.45. The summed E-state index contributed by atoms with van der Waals surface area (Å²) < 4.78 is 0.994. The van der Waals surface area contributed by atoms with Crippen molar-refractivity contribution in [3.8, 4) is 0 Å². The molecule has 0 saturated heterocycles. The van der Waals surface area contributed by atoms with Crippen LogP contribution in [0.3, 0.4) is 0 Å². The van der Waals surface area contributed by atoms with Crippen molar-refractivity contribution in [3.05, 3.63) is 17.5 Å². The molecule has 0 aliphatic carbocycles. The van der Waals surface area contributed by atoms with Gasteiger partial charge in [0.15, 0.2) is 11.2 Å². The number of aromatic nitrogens is 3. The number of hydrogen-bond donors (Lipinski definition) is 0. The van der Waals surface area contributed by atoms with Gasteiger partial charge < -0.3 is 0 Å². The standard InChI is InChI=1S/C9H10N3S/c1-9(2,3)8-10-4-6-7(12-8)11-5-13-6/h4H,1-3H3. The van der Waals surface area contributed by atoms with Crippen LogP contribution < -0.4 is 0 Å². The van der Waals surface area contributed by atoms with Gasteiger partial charge >= 0.3 is 0 Å². The van der Waals surface area contributed by atoms with Crippen molar-refractivity contribution in [2.24, 2.45) is 0 Å². The van der Waals surface area contributed by atoms with Gasteiger partial charge in [0.05, 0.1) is 10.9 Å². The van der Waals surface area contributed by atoms with E-state index in [0.717, 1.165) is 16.2 Å². The Morgan fingerprint density at radius 2 is 2.15 bits per heavy atom. The Balaban J connectivity index is 2.61. The molecule has 0 unspecified atom stereocenters. The summed E-state index contributed by atoms with van der Waals surface area (Å²) in [5.74, 6) is 0.833. The molecule has 2 heterocycles. The Kier molecular flexibility index (Phi) is 1.80. The molecular formula is C9H10N3S. The summed E-state index contributed by atoms with van der Waals surface area (Å²) in [7, 11) is 0. The number of rotatable bonds is 0. The Labute approximate surface area is 80.9 Å². The molecule has 0 spiro atoms. The molecule has 0 aliphatic heterocycles. The van der Waals surface area contributed by atoms with Gasteiger partial charge in [0.1, 0.15) is 5.82 Å². The van der Waals surface area contributed by atoms with E-state index in [-0.39, 0.29) is 5.41 Å². The summed E-state index contributed by atoms with van der Waals surface area (Å²) in [5, 5.41) is 0. The van der Waals surface area contributed by atoms with E-state index in [1.54, 1.807) is 0 Å². The average molecular weight is 192 g/mol. The smallest absolute Gasteiger partial charge is 0.174 e. The maximum Gasteiger partial charge on any atom is 0.174 e. The maximum absolute atomic E-state index is 4.36. The molecule has 67 valence electrons. The minimum absolute atomic E-state index is 0.0161. The lowest BCUT2D eigenvalue weighted by molar-refractivity contribution is 0.548. The molecule has 0 aliphatic rings. The van der Waals surface area contributed by atoms with Gasteiger partial charge in [-0.15, -0.1) is 11.3 Å². The topological polar surface area (TPSA) is 38.7 Å². The number of thiazole rings is 1. The van der Waals surface area contributed by atoms with E-state index in [1.165, 1.54) is 11.3 Å². The highest BCUT2D eigenvalue weighted by Gasteiger charge is 2.17. The molecule has 0 aromatic carbocycles. The van der Waals surface area contributed by atoms with Crippen LogP contribution in [0.25, 0.3) is 10.3 Å². The minimum Gasteiger partial charge on any atom is -0.239 e. The van der Waals surface area contributed by atoms with Crippen LogP contribution in [0.1, 0.15) is 26.6 Å². The SMILES string of the molecule is CC(C)(C)c1ncc2s[c]nc2n1. The van der Waals surface area contributed by atoms with Crippen molar-refractivity contribution >= 4 is 21.7 Å². The third kappa shape index (κ3) is 1.54. The highest BCUT2D eigenvalue weighted by molar-refractivity contribution is 7.16. The summed E-state index contributed by atoms with van der Waals surface area (Å²) in [6, 6.07) is 0. The molecule has 2 aromatic rings. The molecule has 4 heteroatoms. The lowest BCUT2D eigenvalue weighted by atomic mass is 9.96. The van der Waals surface area contributed by atoms with Gasteiger partial charge in [0, 0.05) is 5.41 Å². The van der Waals surface area contributed by atoms with Crippen LogP contribution in [0.2, 0.25) is 0 Å². The van der Waals surface area contributed by atoms with Crippen molar-refractivity contribution in [3.63, 3.8) is 0 Å².